The molecule has 7 heteroatoms. The lowest BCUT2D eigenvalue weighted by molar-refractivity contribution is -0.117. The molecule has 0 unspecified atom stereocenters. The molecule has 0 bridgehead atoms. The predicted octanol–water partition coefficient (Wildman–Crippen LogP) is 1.65. The van der Waals surface area contributed by atoms with E-state index < -0.39 is 6.09 Å². The van der Waals surface area contributed by atoms with Gasteiger partial charge in [0.15, 0.2) is 0 Å². The zero-order chi connectivity index (χ0) is 18.6. The first kappa shape index (κ1) is 19.2. The van der Waals surface area contributed by atoms with Crippen molar-refractivity contribution in [1.29, 1.82) is 0 Å². The number of nitrogens with two attached hydrogens (primary N) is 1. The fourth-order valence-electron chi connectivity index (χ4n) is 3.34. The summed E-state index contributed by atoms with van der Waals surface area (Å²) in [6.45, 7) is 8.57. The third-order valence-corrected chi connectivity index (χ3v) is 5.02. The number of amides is 2. The van der Waals surface area contributed by atoms with Crippen LogP contribution < -0.4 is 16.0 Å². The van der Waals surface area contributed by atoms with Crippen LogP contribution >= 0.6 is 0 Å². The molecule has 0 aliphatic carbocycles. The summed E-state index contributed by atoms with van der Waals surface area (Å²) in [5.41, 5.74) is 8.24. The predicted molar refractivity (Wildman–Crippen MR) is 97.6 cm³/mol. The first-order valence-electron chi connectivity index (χ1n) is 8.67. The van der Waals surface area contributed by atoms with Crippen LogP contribution in [0.1, 0.15) is 32.4 Å². The molecule has 2 aliphatic rings. The summed E-state index contributed by atoms with van der Waals surface area (Å²) >= 11 is 0. The Morgan fingerprint density at radius 2 is 1.80 bits per heavy atom. The molecular weight excluding hydrogens is 320 g/mol. The second-order valence-corrected chi connectivity index (χ2v) is 6.59. The molecule has 1 saturated heterocycles. The van der Waals surface area contributed by atoms with E-state index >= 15 is 0 Å². The monoisotopic (exact) mass is 348 g/mol. The van der Waals surface area contributed by atoms with Gasteiger partial charge >= 0.3 is 6.09 Å². The van der Waals surface area contributed by atoms with Crippen LogP contribution in [0.3, 0.4) is 0 Å². The number of anilines is 1. The van der Waals surface area contributed by atoms with Gasteiger partial charge in [-0.15, -0.1) is 0 Å². The molecule has 25 heavy (non-hydrogen) atoms. The van der Waals surface area contributed by atoms with Crippen molar-refractivity contribution >= 4 is 17.7 Å². The van der Waals surface area contributed by atoms with Gasteiger partial charge in [-0.05, 0) is 24.5 Å². The lowest BCUT2D eigenvalue weighted by Crippen LogP contribution is -2.48. The maximum absolute atomic E-state index is 11.7. The van der Waals surface area contributed by atoms with Gasteiger partial charge in [-0.1, -0.05) is 25.1 Å². The number of carbonyl (C=O) groups excluding carboxylic acids is 1. The van der Waals surface area contributed by atoms with Gasteiger partial charge in [0.05, 0.1) is 0 Å². The van der Waals surface area contributed by atoms with Crippen molar-refractivity contribution in [3.63, 3.8) is 0 Å². The number of rotatable bonds is 0. The number of nitrogens with one attached hydrogen (secondary N) is 1. The smallest absolute Gasteiger partial charge is 0.407 e. The number of benzene rings is 1. The first-order valence-corrected chi connectivity index (χ1v) is 8.67. The molecule has 2 heterocycles. The Balaban J connectivity index is 0.000000212. The number of carbonyl (C=O) groups is 2. The van der Waals surface area contributed by atoms with Crippen LogP contribution in [0, 0.1) is 5.92 Å². The molecule has 3 atom stereocenters. The van der Waals surface area contributed by atoms with Crippen molar-refractivity contribution in [3.8, 4) is 0 Å². The molecule has 138 valence electrons. The number of para-hydroxylation sites is 1. The average molecular weight is 348 g/mol. The van der Waals surface area contributed by atoms with E-state index in [1.54, 1.807) is 6.92 Å². The highest BCUT2D eigenvalue weighted by Gasteiger charge is 2.35. The van der Waals surface area contributed by atoms with Gasteiger partial charge in [0.25, 0.3) is 0 Å². The molecule has 0 aromatic heterocycles. The number of fused-ring (bicyclic) bond motifs is 1. The molecule has 2 aliphatic heterocycles. The third-order valence-electron chi connectivity index (χ3n) is 5.02. The highest BCUT2D eigenvalue weighted by molar-refractivity contribution is 5.93. The number of piperazine rings is 1. The summed E-state index contributed by atoms with van der Waals surface area (Å²) in [5.74, 6) is 0.359. The van der Waals surface area contributed by atoms with Crippen LogP contribution in [0.15, 0.2) is 24.3 Å². The van der Waals surface area contributed by atoms with Crippen molar-refractivity contribution in [2.45, 2.75) is 32.9 Å². The molecule has 4 N–H and O–H groups in total. The van der Waals surface area contributed by atoms with E-state index in [1.807, 2.05) is 29.2 Å². The van der Waals surface area contributed by atoms with Crippen molar-refractivity contribution in [2.24, 2.45) is 11.7 Å². The molecule has 3 rings (SSSR count). The van der Waals surface area contributed by atoms with Crippen LogP contribution in [0.5, 0.6) is 0 Å². The third kappa shape index (κ3) is 4.29. The zero-order valence-corrected chi connectivity index (χ0v) is 15.1. The Hall–Kier alpha value is -2.12. The average Bonchev–Trinajstić information content (AvgIpc) is 2.61. The van der Waals surface area contributed by atoms with Crippen molar-refractivity contribution in [2.75, 3.05) is 31.1 Å². The Morgan fingerprint density at radius 3 is 2.32 bits per heavy atom. The number of nitrogens with zero attached hydrogens (tertiary/aromatic N) is 2. The van der Waals surface area contributed by atoms with Gasteiger partial charge in [-0.3, -0.25) is 4.79 Å². The van der Waals surface area contributed by atoms with Crippen molar-refractivity contribution in [1.82, 2.24) is 10.2 Å². The van der Waals surface area contributed by atoms with E-state index in [0.29, 0.717) is 13.1 Å². The standard InChI is InChI=1S/C13H18N2O.C5H10N2O2/c1-8-9(2)15(10(3)16)12-7-5-4-6-11(12)13(8)14;8-5(9)7-3-1-6-2-4-7/h4-9,13H,14H2,1-3H3;6H,1-4H2,(H,8,9)/t8-,9-,13+;/m0./s1. The topological polar surface area (TPSA) is 98.9 Å². The van der Waals surface area contributed by atoms with Gasteiger partial charge in [0.2, 0.25) is 5.91 Å². The van der Waals surface area contributed by atoms with E-state index in [0.717, 1.165) is 24.3 Å². The molecule has 0 saturated carbocycles. The Bertz CT molecular complexity index is 616. The summed E-state index contributed by atoms with van der Waals surface area (Å²) in [6.07, 6.45) is -0.809. The fourth-order valence-corrected chi connectivity index (χ4v) is 3.34. The Morgan fingerprint density at radius 1 is 1.20 bits per heavy atom. The van der Waals surface area contributed by atoms with E-state index in [2.05, 4.69) is 19.2 Å². The van der Waals surface area contributed by atoms with Crippen molar-refractivity contribution in [3.05, 3.63) is 29.8 Å². The molecule has 1 fully saturated rings. The minimum Gasteiger partial charge on any atom is -0.465 e. The molecule has 0 radical (unpaired) electrons. The molecule has 1 aromatic carbocycles. The molecule has 1 aromatic rings. The van der Waals surface area contributed by atoms with Crippen LogP contribution in [0.25, 0.3) is 0 Å². The van der Waals surface area contributed by atoms with Crippen molar-refractivity contribution < 1.29 is 14.7 Å². The summed E-state index contributed by atoms with van der Waals surface area (Å²) in [4.78, 5) is 25.2. The summed E-state index contributed by atoms with van der Waals surface area (Å²) in [7, 11) is 0. The highest BCUT2D eigenvalue weighted by atomic mass is 16.4. The van der Waals surface area contributed by atoms with Crippen LogP contribution in [-0.4, -0.2) is 54.2 Å². The second kappa shape index (κ2) is 8.31. The maximum Gasteiger partial charge on any atom is 0.407 e. The fraction of sp³-hybridized carbons (Fsp3) is 0.556. The lowest BCUT2D eigenvalue weighted by atomic mass is 9.83. The minimum absolute atomic E-state index is 0.0156. The number of hydrogen-bond donors (Lipinski definition) is 3. The van der Waals surface area contributed by atoms with Gasteiger partial charge in [-0.2, -0.15) is 0 Å². The van der Waals surface area contributed by atoms with Gasteiger partial charge in [-0.25, -0.2) is 4.79 Å². The summed E-state index contributed by atoms with van der Waals surface area (Å²) in [5, 5.41) is 11.5. The highest BCUT2D eigenvalue weighted by Crippen LogP contribution is 2.38. The number of carboxylic acid groups (broad SMARTS) is 1. The van der Waals surface area contributed by atoms with E-state index in [1.165, 1.54) is 4.90 Å². The SMILES string of the molecule is CC(=O)N1c2ccccc2[C@H](N)[C@@H](C)[C@@H]1C.O=C(O)N1CCNCC1. The van der Waals surface area contributed by atoms with Gasteiger partial charge in [0.1, 0.15) is 0 Å². The first-order chi connectivity index (χ1) is 11.8. The van der Waals surface area contributed by atoms with Gasteiger partial charge in [0, 0.05) is 50.9 Å². The van der Waals surface area contributed by atoms with E-state index in [9.17, 15) is 9.59 Å². The summed E-state index contributed by atoms with van der Waals surface area (Å²) in [6, 6.07) is 8.07. The van der Waals surface area contributed by atoms with Crippen LogP contribution in [0.4, 0.5) is 10.5 Å². The van der Waals surface area contributed by atoms with E-state index in [4.69, 9.17) is 10.8 Å². The molecule has 7 nitrogen and oxygen atoms in total. The van der Waals surface area contributed by atoms with Crippen LogP contribution in [-0.2, 0) is 4.79 Å². The number of hydrogen-bond acceptors (Lipinski definition) is 4. The lowest BCUT2D eigenvalue weighted by Gasteiger charge is -2.42. The van der Waals surface area contributed by atoms with Gasteiger partial charge < -0.3 is 26.0 Å². The normalized spacial score (nSPS) is 25.5. The van der Waals surface area contributed by atoms with Crippen LogP contribution in [0.2, 0.25) is 0 Å². The zero-order valence-electron chi connectivity index (χ0n) is 15.1. The minimum atomic E-state index is -0.809. The maximum atomic E-state index is 11.7. The Labute approximate surface area is 148 Å². The summed E-state index contributed by atoms with van der Waals surface area (Å²) < 4.78 is 0. The van der Waals surface area contributed by atoms with E-state index in [-0.39, 0.29) is 23.9 Å². The molecule has 2 amide bonds. The molecular formula is C18H28N4O3. The Kier molecular flexibility index (Phi) is 6.39. The molecule has 0 spiro atoms. The quantitative estimate of drug-likeness (QED) is 0.662. The largest absolute Gasteiger partial charge is 0.465 e. The second-order valence-electron chi connectivity index (χ2n) is 6.59.